The first kappa shape index (κ1) is 102. The van der Waals surface area contributed by atoms with Crippen LogP contribution in [0.3, 0.4) is 0 Å². The fraction of sp³-hybridized carbons (Fsp3) is 0.953. The Balaban J connectivity index is 5.26. The van der Waals surface area contributed by atoms with Crippen molar-refractivity contribution in [2.45, 2.75) is 471 Å². The number of phosphoric acid groups is 2. The van der Waals surface area contributed by atoms with Crippen LogP contribution >= 0.6 is 15.6 Å². The zero-order valence-corrected chi connectivity index (χ0v) is 70.1. The first-order valence-corrected chi connectivity index (χ1v) is 47.0. The van der Waals surface area contributed by atoms with Crippen LogP contribution in [0.1, 0.15) is 452 Å². The third-order valence-corrected chi connectivity index (χ3v) is 22.2. The van der Waals surface area contributed by atoms with Crippen LogP contribution in [0.25, 0.3) is 0 Å². The van der Waals surface area contributed by atoms with Gasteiger partial charge in [-0.2, -0.15) is 0 Å². The van der Waals surface area contributed by atoms with Crippen LogP contribution in [0, 0.1) is 11.8 Å². The number of carbonyl (C=O) groups excluding carboxylic acids is 4. The molecule has 0 spiro atoms. The van der Waals surface area contributed by atoms with Crippen LogP contribution < -0.4 is 0 Å². The topological polar surface area (TPSA) is 237 Å². The Morgan fingerprint density at radius 3 is 0.731 bits per heavy atom. The minimum atomic E-state index is -4.97. The summed E-state index contributed by atoms with van der Waals surface area (Å²) in [5.41, 5.74) is 0. The van der Waals surface area contributed by atoms with Gasteiger partial charge < -0.3 is 33.8 Å². The molecule has 0 saturated heterocycles. The van der Waals surface area contributed by atoms with Gasteiger partial charge in [0.05, 0.1) is 26.4 Å². The number of rotatable bonds is 84. The molecule has 3 unspecified atom stereocenters. The maximum atomic E-state index is 13.1. The Hall–Kier alpha value is -1.94. The molecule has 0 fully saturated rings. The fourth-order valence-electron chi connectivity index (χ4n) is 13.2. The monoisotopic (exact) mass is 1520 g/mol. The third kappa shape index (κ3) is 76.8. The predicted molar refractivity (Wildman–Crippen MR) is 428 cm³/mol. The molecular formula is C85H166O17P2. The molecule has 0 radical (unpaired) electrons. The smallest absolute Gasteiger partial charge is 0.462 e. The average Bonchev–Trinajstić information content (AvgIpc) is 0.905. The zero-order chi connectivity index (χ0) is 76.4. The van der Waals surface area contributed by atoms with E-state index in [1.165, 1.54) is 270 Å². The van der Waals surface area contributed by atoms with E-state index in [1.807, 2.05) is 0 Å². The number of phosphoric ester groups is 2. The molecule has 0 aliphatic heterocycles. The molecule has 17 nitrogen and oxygen atoms in total. The molecule has 618 valence electrons. The molecule has 6 atom stereocenters. The highest BCUT2D eigenvalue weighted by atomic mass is 31.2. The highest BCUT2D eigenvalue weighted by Gasteiger charge is 2.30. The summed E-state index contributed by atoms with van der Waals surface area (Å²) in [6.45, 7) is 9.69. The summed E-state index contributed by atoms with van der Waals surface area (Å²) >= 11 is 0. The molecular weight excluding hydrogens is 1350 g/mol. The summed E-state index contributed by atoms with van der Waals surface area (Å²) in [4.78, 5) is 73.2. The lowest BCUT2D eigenvalue weighted by Gasteiger charge is -2.21. The molecule has 0 aromatic carbocycles. The highest BCUT2D eigenvalue weighted by Crippen LogP contribution is 2.45. The second-order valence-electron chi connectivity index (χ2n) is 31.3. The van der Waals surface area contributed by atoms with Crippen LogP contribution in [0.5, 0.6) is 0 Å². The lowest BCUT2D eigenvalue weighted by Crippen LogP contribution is -2.30. The second-order valence-corrected chi connectivity index (χ2v) is 34.2. The minimum Gasteiger partial charge on any atom is -0.462 e. The fourth-order valence-corrected chi connectivity index (χ4v) is 14.8. The molecule has 0 amide bonds. The normalized spacial score (nSPS) is 14.1. The van der Waals surface area contributed by atoms with Crippen molar-refractivity contribution in [2.75, 3.05) is 39.6 Å². The van der Waals surface area contributed by atoms with Crippen LogP contribution in [0.2, 0.25) is 0 Å². The Kier molecular flexibility index (Phi) is 75.0. The first-order valence-electron chi connectivity index (χ1n) is 44.0. The molecule has 0 aromatic heterocycles. The number of unbranched alkanes of at least 4 members (excludes halogenated alkanes) is 53. The molecule has 19 heteroatoms. The third-order valence-electron chi connectivity index (χ3n) is 20.3. The Morgan fingerprint density at radius 1 is 0.279 bits per heavy atom. The number of carbonyl (C=O) groups is 4. The molecule has 0 rings (SSSR count). The average molecular weight is 1520 g/mol. The zero-order valence-electron chi connectivity index (χ0n) is 68.3. The van der Waals surface area contributed by atoms with E-state index in [9.17, 15) is 43.2 Å². The van der Waals surface area contributed by atoms with Gasteiger partial charge in [0.2, 0.25) is 0 Å². The van der Waals surface area contributed by atoms with Crippen LogP contribution in [0.15, 0.2) is 0 Å². The van der Waals surface area contributed by atoms with Gasteiger partial charge in [0.15, 0.2) is 12.2 Å². The quantitative estimate of drug-likeness (QED) is 0.0222. The van der Waals surface area contributed by atoms with Crippen molar-refractivity contribution in [2.24, 2.45) is 11.8 Å². The van der Waals surface area contributed by atoms with Crippen LogP contribution in [0.4, 0.5) is 0 Å². The van der Waals surface area contributed by atoms with E-state index in [0.29, 0.717) is 25.7 Å². The summed E-state index contributed by atoms with van der Waals surface area (Å²) in [6.07, 6.45) is 67.9. The molecule has 104 heavy (non-hydrogen) atoms. The van der Waals surface area contributed by atoms with E-state index >= 15 is 0 Å². The van der Waals surface area contributed by atoms with E-state index in [0.717, 1.165) is 102 Å². The predicted octanol–water partition coefficient (Wildman–Crippen LogP) is 25.8. The summed E-state index contributed by atoms with van der Waals surface area (Å²) in [5.74, 6) is -0.538. The van der Waals surface area contributed by atoms with Gasteiger partial charge in [-0.25, -0.2) is 9.13 Å². The lowest BCUT2D eigenvalue weighted by atomic mass is 9.99. The van der Waals surface area contributed by atoms with Crippen molar-refractivity contribution >= 4 is 39.5 Å². The van der Waals surface area contributed by atoms with Crippen LogP contribution in [-0.2, 0) is 65.4 Å². The van der Waals surface area contributed by atoms with Gasteiger partial charge in [-0.05, 0) is 37.5 Å². The van der Waals surface area contributed by atoms with E-state index in [-0.39, 0.29) is 25.7 Å². The maximum Gasteiger partial charge on any atom is 0.472 e. The van der Waals surface area contributed by atoms with Crippen molar-refractivity contribution in [1.29, 1.82) is 0 Å². The standard InChI is InChI=1S/C85H166O17P2/c1-7-10-12-14-16-18-20-22-24-26-28-30-34-38-42-49-55-61-67-82(87)95-73-80(101-84(89)69-63-57-51-43-39-35-31-29-27-25-23-21-19-17-15-13-11-8-2)75-99-103(91,92)97-71-79(86)72-98-104(93,94)100-76-81(74-96-83(88)68-62-56-50-46-45-48-54-60-66-78(6)9-3)102-85(90)70-64-58-52-44-40-36-32-33-37-41-47-53-59-65-77(4)5/h77-81,86H,7-76H2,1-6H3,(H,91,92)(H,93,94)/t78?,79-,80-,81-/m1/s1. The second kappa shape index (κ2) is 76.4. The first-order chi connectivity index (χ1) is 50.4. The number of hydrogen-bond acceptors (Lipinski definition) is 15. The van der Waals surface area contributed by atoms with E-state index in [4.69, 9.17) is 37.0 Å². The molecule has 0 aliphatic carbocycles. The molecule has 0 aromatic rings. The van der Waals surface area contributed by atoms with Gasteiger partial charge in [0.25, 0.3) is 0 Å². The molecule has 0 aliphatic rings. The summed E-state index contributed by atoms with van der Waals surface area (Å²) in [7, 11) is -9.93. The summed E-state index contributed by atoms with van der Waals surface area (Å²) < 4.78 is 68.9. The van der Waals surface area contributed by atoms with Gasteiger partial charge in [-0.15, -0.1) is 0 Å². The number of esters is 4. The molecule has 3 N–H and O–H groups in total. The van der Waals surface area contributed by atoms with Gasteiger partial charge >= 0.3 is 39.5 Å². The van der Waals surface area contributed by atoms with Gasteiger partial charge in [0, 0.05) is 25.7 Å². The minimum absolute atomic E-state index is 0.107. The Labute approximate surface area is 638 Å². The van der Waals surface area contributed by atoms with Crippen molar-refractivity contribution in [3.05, 3.63) is 0 Å². The Bertz CT molecular complexity index is 2000. The van der Waals surface area contributed by atoms with E-state index in [2.05, 4.69) is 41.5 Å². The largest absolute Gasteiger partial charge is 0.472 e. The van der Waals surface area contributed by atoms with Crippen molar-refractivity contribution in [3.63, 3.8) is 0 Å². The number of ether oxygens (including phenoxy) is 4. The van der Waals surface area contributed by atoms with Gasteiger partial charge in [0.1, 0.15) is 19.3 Å². The Morgan fingerprint density at radius 2 is 0.490 bits per heavy atom. The van der Waals surface area contributed by atoms with E-state index in [1.54, 1.807) is 0 Å². The van der Waals surface area contributed by atoms with Gasteiger partial charge in [-0.1, -0.05) is 401 Å². The number of aliphatic hydroxyl groups excluding tert-OH is 1. The SMILES string of the molecule is CCCCCCCCCCCCCCCCCCCCC(=O)OC[C@H](COP(=O)(O)OC[C@@H](O)COP(=O)(O)OC[C@@H](COC(=O)CCCCCCCCCCC(C)CC)OC(=O)CCCCCCCCCCCCCCCC(C)C)OC(=O)CCCCCCCCCCCCCCCCCCCC. The lowest BCUT2D eigenvalue weighted by molar-refractivity contribution is -0.161. The molecule has 0 bridgehead atoms. The number of aliphatic hydroxyl groups is 1. The summed E-state index contributed by atoms with van der Waals surface area (Å²) in [5, 5.41) is 10.7. The molecule has 0 heterocycles. The molecule has 0 saturated carbocycles. The van der Waals surface area contributed by atoms with Crippen molar-refractivity contribution < 1.29 is 80.2 Å². The van der Waals surface area contributed by atoms with Gasteiger partial charge in [-0.3, -0.25) is 37.3 Å². The van der Waals surface area contributed by atoms with Crippen LogP contribution in [-0.4, -0.2) is 96.7 Å². The number of hydrogen-bond donors (Lipinski definition) is 3. The highest BCUT2D eigenvalue weighted by molar-refractivity contribution is 7.47. The summed E-state index contributed by atoms with van der Waals surface area (Å²) in [6, 6.07) is 0. The maximum absolute atomic E-state index is 13.1. The van der Waals surface area contributed by atoms with Crippen molar-refractivity contribution in [1.82, 2.24) is 0 Å². The van der Waals surface area contributed by atoms with E-state index < -0.39 is 97.5 Å². The van der Waals surface area contributed by atoms with Crippen molar-refractivity contribution in [3.8, 4) is 0 Å².